The van der Waals surface area contributed by atoms with E-state index in [0.717, 1.165) is 4.90 Å². The van der Waals surface area contributed by atoms with Gasteiger partial charge in [0.05, 0.1) is 17.3 Å². The molecule has 2 fully saturated rings. The third kappa shape index (κ3) is 4.38. The van der Waals surface area contributed by atoms with Gasteiger partial charge in [-0.2, -0.15) is 0 Å². The number of rotatable bonds is 6. The normalized spacial score (nSPS) is 22.1. The van der Waals surface area contributed by atoms with E-state index >= 15 is 0 Å². The molecule has 2 aromatic carbocycles. The molecule has 2 aromatic rings. The summed E-state index contributed by atoms with van der Waals surface area (Å²) in [6.45, 7) is -1.73. The van der Waals surface area contributed by atoms with Crippen molar-refractivity contribution in [1.82, 2.24) is 15.1 Å². The lowest BCUT2D eigenvalue weighted by Crippen LogP contribution is -2.52. The highest BCUT2D eigenvalue weighted by molar-refractivity contribution is 6.05. The first-order valence-corrected chi connectivity index (χ1v) is 11.0. The van der Waals surface area contributed by atoms with Crippen molar-refractivity contribution in [3.63, 3.8) is 0 Å². The van der Waals surface area contributed by atoms with Crippen LogP contribution in [-0.4, -0.2) is 59.2 Å². The van der Waals surface area contributed by atoms with Crippen LogP contribution in [0.25, 0.3) is 0 Å². The van der Waals surface area contributed by atoms with Gasteiger partial charge in [0, 0.05) is 30.6 Å². The Morgan fingerprint density at radius 1 is 1.15 bits per heavy atom. The Hall–Kier alpha value is -3.72. The molecule has 1 atom stereocenters. The maximum Gasteiger partial charge on any atom is 0.255 e. The summed E-state index contributed by atoms with van der Waals surface area (Å²) in [5.74, 6) is -1.15. The number of carbonyl (C=O) groups is 4. The topological polar surface area (TPSA) is 105 Å². The monoisotopic (exact) mass is 466 g/mol. The maximum absolute atomic E-state index is 13.0. The van der Waals surface area contributed by atoms with E-state index in [2.05, 4.69) is 5.32 Å². The van der Waals surface area contributed by atoms with Gasteiger partial charge in [-0.1, -0.05) is 30.3 Å². The average molecular weight is 467 g/mol. The van der Waals surface area contributed by atoms with Crippen LogP contribution in [0.3, 0.4) is 0 Å². The summed E-state index contributed by atoms with van der Waals surface area (Å²) in [6.07, 6.45) is 0.429. The fourth-order valence-electron chi connectivity index (χ4n) is 4.26. The molecule has 9 heteroatoms. The minimum absolute atomic E-state index is 0.00165. The second kappa shape index (κ2) is 9.26. The molecular weight excluding hydrogens is 438 g/mol. The number of ether oxygens (including phenoxy) is 2. The number of piperidine rings is 1. The number of hydrogen-bond donors (Lipinski definition) is 1. The van der Waals surface area contributed by atoms with Crippen LogP contribution in [0.2, 0.25) is 0 Å². The Morgan fingerprint density at radius 2 is 2.00 bits per heavy atom. The number of benzene rings is 2. The van der Waals surface area contributed by atoms with Crippen molar-refractivity contribution < 1.29 is 32.8 Å². The van der Waals surface area contributed by atoms with Crippen LogP contribution in [0.4, 0.5) is 0 Å². The van der Waals surface area contributed by atoms with Gasteiger partial charge in [0.25, 0.3) is 5.91 Å². The number of imide groups is 1. The summed E-state index contributed by atoms with van der Waals surface area (Å²) >= 11 is 0. The van der Waals surface area contributed by atoms with Gasteiger partial charge in [0.2, 0.25) is 17.7 Å². The van der Waals surface area contributed by atoms with Gasteiger partial charge in [-0.25, -0.2) is 0 Å². The molecule has 0 aromatic heterocycles. The number of nitrogens with one attached hydrogen (secondary N) is 1. The van der Waals surface area contributed by atoms with Crippen LogP contribution in [0.5, 0.6) is 5.75 Å². The molecule has 3 aliphatic heterocycles. The Labute approximate surface area is 200 Å². The zero-order valence-electron chi connectivity index (χ0n) is 21.3. The molecule has 5 rings (SSSR count). The maximum atomic E-state index is 13.0. The second-order valence-corrected chi connectivity index (χ2v) is 8.28. The molecule has 1 N–H and O–H groups in total. The molecule has 176 valence electrons. The molecule has 0 aliphatic carbocycles. The van der Waals surface area contributed by atoms with Gasteiger partial charge in [-0.3, -0.25) is 24.5 Å². The fraction of sp³-hybridized carbons (Fsp3) is 0.360. The van der Waals surface area contributed by atoms with Gasteiger partial charge < -0.3 is 19.3 Å². The Balaban J connectivity index is 1.30. The Bertz CT molecular complexity index is 1300. The van der Waals surface area contributed by atoms with E-state index in [1.165, 1.54) is 17.0 Å². The molecule has 0 spiro atoms. The highest BCUT2D eigenvalue weighted by Crippen LogP contribution is 2.34. The van der Waals surface area contributed by atoms with Crippen LogP contribution in [-0.2, 0) is 38.8 Å². The van der Waals surface area contributed by atoms with Crippen LogP contribution in [0, 0.1) is 0 Å². The van der Waals surface area contributed by atoms with Crippen molar-refractivity contribution in [3.8, 4) is 5.75 Å². The largest absolute Gasteiger partial charge is 0.489 e. The Kier molecular flexibility index (Phi) is 5.09. The SMILES string of the molecule is [2H]c1cc(C([2H])([2H])N2CCOCC2=O)ccc1COc1cccc2c1CN(C1CCC(=O)NC1=O)C2=O. The van der Waals surface area contributed by atoms with Crippen molar-refractivity contribution in [2.45, 2.75) is 38.5 Å². The van der Waals surface area contributed by atoms with E-state index in [4.69, 9.17) is 13.6 Å². The van der Waals surface area contributed by atoms with Gasteiger partial charge in [0.15, 0.2) is 0 Å². The third-order valence-corrected chi connectivity index (χ3v) is 6.05. The first-order chi connectivity index (χ1) is 17.7. The summed E-state index contributed by atoms with van der Waals surface area (Å²) in [5, 5.41) is 2.28. The van der Waals surface area contributed by atoms with Crippen molar-refractivity contribution in [1.29, 1.82) is 0 Å². The summed E-state index contributed by atoms with van der Waals surface area (Å²) in [7, 11) is 0. The van der Waals surface area contributed by atoms with Crippen LogP contribution >= 0.6 is 0 Å². The molecule has 3 heterocycles. The van der Waals surface area contributed by atoms with Crippen LogP contribution in [0.1, 0.15) is 44.0 Å². The van der Waals surface area contributed by atoms with Crippen molar-refractivity contribution in [2.75, 3.05) is 19.8 Å². The van der Waals surface area contributed by atoms with Crippen molar-refractivity contribution in [3.05, 3.63) is 64.7 Å². The smallest absolute Gasteiger partial charge is 0.255 e. The van der Waals surface area contributed by atoms with E-state index in [1.54, 1.807) is 24.3 Å². The molecule has 34 heavy (non-hydrogen) atoms. The molecule has 2 saturated heterocycles. The number of hydrogen-bond acceptors (Lipinski definition) is 6. The predicted molar refractivity (Wildman–Crippen MR) is 119 cm³/mol. The van der Waals surface area contributed by atoms with E-state index < -0.39 is 24.4 Å². The number of morpholine rings is 1. The Morgan fingerprint density at radius 3 is 2.79 bits per heavy atom. The van der Waals surface area contributed by atoms with E-state index in [9.17, 15) is 19.2 Å². The summed E-state index contributed by atoms with van der Waals surface area (Å²) < 4.78 is 36.3. The highest BCUT2D eigenvalue weighted by Gasteiger charge is 2.40. The van der Waals surface area contributed by atoms with E-state index in [0.29, 0.717) is 22.4 Å². The zero-order chi connectivity index (χ0) is 26.3. The van der Waals surface area contributed by atoms with Crippen molar-refractivity contribution in [2.24, 2.45) is 0 Å². The molecule has 0 radical (unpaired) electrons. The van der Waals surface area contributed by atoms with Gasteiger partial charge >= 0.3 is 0 Å². The van der Waals surface area contributed by atoms with Gasteiger partial charge in [-0.05, 0) is 29.7 Å². The number of fused-ring (bicyclic) bond motifs is 1. The molecular formula is C25H25N3O6. The minimum Gasteiger partial charge on any atom is -0.489 e. The van der Waals surface area contributed by atoms with Crippen molar-refractivity contribution >= 4 is 23.6 Å². The number of amides is 4. The minimum atomic E-state index is -2.09. The third-order valence-electron chi connectivity index (χ3n) is 6.05. The number of nitrogens with zero attached hydrogens (tertiary/aromatic N) is 2. The average Bonchev–Trinajstić information content (AvgIpc) is 3.20. The quantitative estimate of drug-likeness (QED) is 0.645. The van der Waals surface area contributed by atoms with Crippen LogP contribution < -0.4 is 10.1 Å². The van der Waals surface area contributed by atoms with Gasteiger partial charge in [-0.15, -0.1) is 0 Å². The summed E-state index contributed by atoms with van der Waals surface area (Å²) in [5.41, 5.74) is 1.73. The molecule has 4 amide bonds. The fourth-order valence-corrected chi connectivity index (χ4v) is 4.26. The molecule has 0 saturated carbocycles. The van der Waals surface area contributed by atoms with Gasteiger partial charge in [0.1, 0.15) is 25.0 Å². The lowest BCUT2D eigenvalue weighted by Gasteiger charge is -2.29. The van der Waals surface area contributed by atoms with Crippen LogP contribution in [0.15, 0.2) is 42.4 Å². The van der Waals surface area contributed by atoms with E-state index in [-0.39, 0.29) is 69.2 Å². The predicted octanol–water partition coefficient (Wildman–Crippen LogP) is 1.39. The highest BCUT2D eigenvalue weighted by atomic mass is 16.5. The number of carbonyl (C=O) groups excluding carboxylic acids is 4. The summed E-state index contributed by atoms with van der Waals surface area (Å²) in [4.78, 5) is 51.5. The molecule has 1 unspecified atom stereocenters. The first kappa shape index (κ1) is 18.7. The lowest BCUT2D eigenvalue weighted by atomic mass is 10.0. The second-order valence-electron chi connectivity index (χ2n) is 8.28. The first-order valence-electron chi connectivity index (χ1n) is 12.5. The molecule has 0 bridgehead atoms. The lowest BCUT2D eigenvalue weighted by molar-refractivity contribution is -0.143. The van der Waals surface area contributed by atoms with E-state index in [1.807, 2.05) is 0 Å². The molecule has 9 nitrogen and oxygen atoms in total. The zero-order valence-corrected chi connectivity index (χ0v) is 18.3. The summed E-state index contributed by atoms with van der Waals surface area (Å²) in [6, 6.07) is 8.87. The standard InChI is InChI=1S/C25H25N3O6/c29-22-9-8-20(24(31)26-22)28-13-19-18(25(28)32)2-1-3-21(19)34-14-17-6-4-16(5-7-17)12-27-10-11-33-15-23(27)30/h1-7,20H,8-15H2,(H,26,29,31)/i6D,12D2. The molecule has 3 aliphatic rings.